The summed E-state index contributed by atoms with van der Waals surface area (Å²) in [6, 6.07) is 15.0. The van der Waals surface area contributed by atoms with Gasteiger partial charge in [-0.1, -0.05) is 31.2 Å². The van der Waals surface area contributed by atoms with E-state index in [1.54, 1.807) is 74.4 Å². The second kappa shape index (κ2) is 16.6. The van der Waals surface area contributed by atoms with Gasteiger partial charge in [-0.2, -0.15) is 0 Å². The number of ether oxygens (including phenoxy) is 7. The molecule has 1 saturated heterocycles. The number of benzene rings is 2. The summed E-state index contributed by atoms with van der Waals surface area (Å²) >= 11 is 0. The summed E-state index contributed by atoms with van der Waals surface area (Å²) in [6.45, 7) is 17.3. The first kappa shape index (κ1) is 44.3. The van der Waals surface area contributed by atoms with Crippen LogP contribution in [0.2, 0.25) is 0 Å². The summed E-state index contributed by atoms with van der Waals surface area (Å²) in [5.74, 6) is -1.69. The van der Waals surface area contributed by atoms with Crippen LogP contribution in [0.3, 0.4) is 0 Å². The third kappa shape index (κ3) is 9.23. The second-order valence-electron chi connectivity index (χ2n) is 20.1. The summed E-state index contributed by atoms with van der Waals surface area (Å²) < 4.78 is 42.5. The Kier molecular flexibility index (Phi) is 12.5. The van der Waals surface area contributed by atoms with Gasteiger partial charge >= 0.3 is 29.8 Å². The molecule has 0 radical (unpaired) electrons. The molecule has 10 atom stereocenters. The summed E-state index contributed by atoms with van der Waals surface area (Å²) in [7, 11) is 1.19. The van der Waals surface area contributed by atoms with Crippen molar-refractivity contribution in [2.45, 2.75) is 150 Å². The van der Waals surface area contributed by atoms with E-state index in [1.165, 1.54) is 18.2 Å². The van der Waals surface area contributed by atoms with Crippen molar-refractivity contribution in [3.05, 3.63) is 65.2 Å². The molecule has 0 bridgehead atoms. The lowest BCUT2D eigenvalue weighted by Crippen LogP contribution is -2.65. The van der Waals surface area contributed by atoms with Crippen LogP contribution in [-0.4, -0.2) is 73.8 Å². The van der Waals surface area contributed by atoms with E-state index in [1.807, 2.05) is 30.3 Å². The molecule has 2 aromatic carbocycles. The van der Waals surface area contributed by atoms with Gasteiger partial charge in [-0.3, -0.25) is 14.4 Å². The first-order valence-corrected chi connectivity index (χ1v) is 20.9. The fraction of sp³-hybridized carbons (Fsp3) is 0.638. The molecule has 6 rings (SSSR count). The number of methoxy groups -OCH3 is 1. The Morgan fingerprint density at radius 2 is 1.31 bits per heavy atom. The van der Waals surface area contributed by atoms with Gasteiger partial charge in [-0.25, -0.2) is 9.59 Å². The molecule has 0 unspecified atom stereocenters. The zero-order valence-corrected chi connectivity index (χ0v) is 36.5. The van der Waals surface area contributed by atoms with Crippen molar-refractivity contribution in [3.63, 3.8) is 0 Å². The van der Waals surface area contributed by atoms with Crippen LogP contribution in [0, 0.1) is 33.5 Å². The average Bonchev–Trinajstić information content (AvgIpc) is 3.50. The summed E-state index contributed by atoms with van der Waals surface area (Å²) in [5.41, 5.74) is -0.318. The van der Waals surface area contributed by atoms with E-state index >= 15 is 0 Å². The third-order valence-electron chi connectivity index (χ3n) is 12.6. The average molecular weight is 819 g/mol. The van der Waals surface area contributed by atoms with Crippen molar-refractivity contribution in [3.8, 4) is 5.75 Å². The van der Waals surface area contributed by atoms with E-state index < -0.39 is 70.8 Å². The van der Waals surface area contributed by atoms with Gasteiger partial charge in [-0.05, 0) is 159 Å². The lowest BCUT2D eigenvalue weighted by molar-refractivity contribution is -0.320. The molecule has 1 heterocycles. The highest BCUT2D eigenvalue weighted by atomic mass is 16.7. The summed E-state index contributed by atoms with van der Waals surface area (Å²) in [4.78, 5) is 67.1. The largest absolute Gasteiger partial charge is 0.467 e. The van der Waals surface area contributed by atoms with Crippen molar-refractivity contribution in [2.24, 2.45) is 33.5 Å². The molecule has 59 heavy (non-hydrogen) atoms. The minimum Gasteiger partial charge on any atom is -0.467 e. The van der Waals surface area contributed by atoms with E-state index in [0.717, 1.165) is 32.1 Å². The van der Waals surface area contributed by atoms with Crippen LogP contribution < -0.4 is 4.74 Å². The monoisotopic (exact) mass is 818 g/mol. The topological polar surface area (TPSA) is 150 Å². The van der Waals surface area contributed by atoms with Crippen molar-refractivity contribution < 1.29 is 57.1 Å². The van der Waals surface area contributed by atoms with E-state index in [2.05, 4.69) is 13.0 Å². The number of hydrogen-bond donors (Lipinski definition) is 0. The predicted octanol–water partition coefficient (Wildman–Crippen LogP) is 7.92. The lowest BCUT2D eigenvalue weighted by atomic mass is 9.55. The van der Waals surface area contributed by atoms with Gasteiger partial charge in [0.05, 0.1) is 35.0 Å². The van der Waals surface area contributed by atoms with E-state index in [4.69, 9.17) is 33.2 Å². The molecular weight excluding hydrogens is 757 g/mol. The summed E-state index contributed by atoms with van der Waals surface area (Å²) in [5, 5.41) is 0. The molecule has 1 aliphatic heterocycles. The third-order valence-corrected chi connectivity index (χ3v) is 12.6. The maximum absolute atomic E-state index is 13.7. The Morgan fingerprint density at radius 3 is 1.90 bits per heavy atom. The Hall–Kier alpha value is -4.29. The van der Waals surface area contributed by atoms with Crippen LogP contribution in [0.4, 0.5) is 0 Å². The van der Waals surface area contributed by atoms with Crippen LogP contribution >= 0.6 is 0 Å². The molecule has 12 nitrogen and oxygen atoms in total. The minimum atomic E-state index is -1.56. The zero-order chi connectivity index (χ0) is 43.2. The molecular formula is C47H62O12. The van der Waals surface area contributed by atoms with Crippen LogP contribution in [0.1, 0.15) is 129 Å². The molecule has 0 spiro atoms. The number of carbonyl (C=O) groups excluding carboxylic acids is 5. The van der Waals surface area contributed by atoms with Crippen molar-refractivity contribution >= 4 is 29.8 Å². The SMILES string of the molecule is COC(=O)[C@H]1O[C@@H](O[C@H]2CC[C@H]3[C@@H]4CCc5cc(OC(=O)c6ccccc6)ccc5[C@H]4CC[C@]23C)[C@H](OC(=O)C(C)(C)C)[C@@H](OC(=O)C(C)(C)C)[C@@H]1OC(=O)C(C)(C)C. The molecule has 322 valence electrons. The molecule has 2 aromatic rings. The van der Waals surface area contributed by atoms with E-state index in [0.29, 0.717) is 35.5 Å². The van der Waals surface area contributed by atoms with Crippen molar-refractivity contribution in [1.29, 1.82) is 0 Å². The molecule has 0 aromatic heterocycles. The minimum absolute atomic E-state index is 0.292. The molecule has 0 N–H and O–H groups in total. The van der Waals surface area contributed by atoms with Crippen LogP contribution in [-0.2, 0) is 54.0 Å². The number of fused-ring (bicyclic) bond motifs is 5. The van der Waals surface area contributed by atoms with E-state index in [-0.39, 0.29) is 17.5 Å². The second-order valence-corrected chi connectivity index (χ2v) is 20.1. The van der Waals surface area contributed by atoms with Crippen LogP contribution in [0.15, 0.2) is 48.5 Å². The fourth-order valence-corrected chi connectivity index (χ4v) is 9.22. The standard InChI is InChI=1S/C47H62O12/c1-44(2,3)41(50)57-34-35(58-42(51)45(4,5)6)37(59-43(52)46(7,8)9)40(56-36(34)39(49)53-11)55-33-22-21-32-31-19-17-27-25-28(54-38(48)26-15-13-12-14-16-26)18-20-29(27)30(31)23-24-47(32,33)10/h12-16,18,20,25,30-37,40H,17,19,21-24H2,1-11H3/t30-,31-,32+,33+,34+,35+,36+,37-,40-,47+/m1/s1. The smallest absolute Gasteiger partial charge is 0.343 e. The number of carbonyl (C=O) groups is 5. The van der Waals surface area contributed by atoms with E-state index in [9.17, 15) is 24.0 Å². The number of esters is 5. The lowest BCUT2D eigenvalue weighted by Gasteiger charge is -2.52. The zero-order valence-electron chi connectivity index (χ0n) is 36.5. The highest BCUT2D eigenvalue weighted by molar-refractivity contribution is 5.91. The summed E-state index contributed by atoms with van der Waals surface area (Å²) in [6.07, 6.45) is -2.60. The fourth-order valence-electron chi connectivity index (χ4n) is 9.22. The highest BCUT2D eigenvalue weighted by Crippen LogP contribution is 2.62. The van der Waals surface area contributed by atoms with Gasteiger partial charge in [0, 0.05) is 0 Å². The molecule has 4 aliphatic rings. The predicted molar refractivity (Wildman–Crippen MR) is 216 cm³/mol. The Bertz CT molecular complexity index is 1900. The molecule has 0 amide bonds. The first-order valence-electron chi connectivity index (χ1n) is 20.9. The Morgan fingerprint density at radius 1 is 0.712 bits per heavy atom. The first-order chi connectivity index (χ1) is 27.5. The van der Waals surface area contributed by atoms with Gasteiger partial charge in [0.15, 0.2) is 30.7 Å². The number of rotatable bonds is 8. The van der Waals surface area contributed by atoms with Crippen LogP contribution in [0.25, 0.3) is 0 Å². The maximum Gasteiger partial charge on any atom is 0.343 e. The Balaban J connectivity index is 1.28. The Labute approximate surface area is 348 Å². The van der Waals surface area contributed by atoms with Gasteiger partial charge in [0.25, 0.3) is 0 Å². The van der Waals surface area contributed by atoms with Gasteiger partial charge in [0.2, 0.25) is 0 Å². The number of aryl methyl sites for hydroxylation is 1. The number of hydrogen-bond acceptors (Lipinski definition) is 12. The molecule has 3 aliphatic carbocycles. The van der Waals surface area contributed by atoms with Crippen molar-refractivity contribution in [2.75, 3.05) is 7.11 Å². The van der Waals surface area contributed by atoms with Crippen LogP contribution in [0.5, 0.6) is 5.75 Å². The van der Waals surface area contributed by atoms with Gasteiger partial charge < -0.3 is 33.2 Å². The molecule has 3 fully saturated rings. The molecule has 2 saturated carbocycles. The normalized spacial score (nSPS) is 30.5. The quantitative estimate of drug-likeness (QED) is 0.145. The highest BCUT2D eigenvalue weighted by Gasteiger charge is 2.61. The van der Waals surface area contributed by atoms with Gasteiger partial charge in [0.1, 0.15) is 5.75 Å². The van der Waals surface area contributed by atoms with Gasteiger partial charge in [-0.15, -0.1) is 0 Å². The maximum atomic E-state index is 13.7. The van der Waals surface area contributed by atoms with Crippen molar-refractivity contribution in [1.82, 2.24) is 0 Å². The molecule has 12 heteroatoms.